The topological polar surface area (TPSA) is 41.6 Å². The van der Waals surface area contributed by atoms with Crippen molar-refractivity contribution in [3.8, 4) is 0 Å². The van der Waals surface area contributed by atoms with Crippen LogP contribution in [0.1, 0.15) is 43.7 Å². The van der Waals surface area contributed by atoms with Crippen molar-refractivity contribution in [1.82, 2.24) is 10.2 Å². The van der Waals surface area contributed by atoms with E-state index in [1.165, 1.54) is 6.42 Å². The summed E-state index contributed by atoms with van der Waals surface area (Å²) in [6, 6.07) is 7.84. The van der Waals surface area contributed by atoms with Crippen molar-refractivity contribution in [3.63, 3.8) is 0 Å². The van der Waals surface area contributed by atoms with Gasteiger partial charge in [0.25, 0.3) is 0 Å². The van der Waals surface area contributed by atoms with Gasteiger partial charge in [0, 0.05) is 37.7 Å². The molecular formula is C18H25ClN2O2. The van der Waals surface area contributed by atoms with Crippen LogP contribution in [0.4, 0.5) is 0 Å². The molecule has 4 nitrogen and oxygen atoms in total. The summed E-state index contributed by atoms with van der Waals surface area (Å²) in [7, 11) is 0. The Balaban J connectivity index is 1.63. The average molecular weight is 337 g/mol. The highest BCUT2D eigenvalue weighted by Crippen LogP contribution is 2.29. The third-order valence-electron chi connectivity index (χ3n) is 4.78. The summed E-state index contributed by atoms with van der Waals surface area (Å²) >= 11 is 6.34. The number of benzene rings is 1. The summed E-state index contributed by atoms with van der Waals surface area (Å²) in [5.74, 6) is 0.214. The predicted molar refractivity (Wildman–Crippen MR) is 91.6 cm³/mol. The number of amides is 1. The van der Waals surface area contributed by atoms with Crippen molar-refractivity contribution in [2.75, 3.05) is 26.2 Å². The van der Waals surface area contributed by atoms with E-state index in [0.29, 0.717) is 6.42 Å². The highest BCUT2D eigenvalue weighted by Gasteiger charge is 2.29. The molecule has 2 unspecified atom stereocenters. The molecule has 2 saturated heterocycles. The first-order valence-electron chi connectivity index (χ1n) is 8.62. The molecule has 0 radical (unpaired) electrons. The molecule has 5 heteroatoms. The zero-order valence-electron chi connectivity index (χ0n) is 13.5. The Kier molecular flexibility index (Phi) is 5.92. The zero-order chi connectivity index (χ0) is 16.1. The SMILES string of the molecule is O=C(CCC1CCCCO1)N1CCNCC1c1ccccc1Cl. The molecule has 2 aliphatic rings. The predicted octanol–water partition coefficient (Wildman–Crippen LogP) is 3.16. The Morgan fingerprint density at radius 1 is 1.35 bits per heavy atom. The van der Waals surface area contributed by atoms with Gasteiger partial charge >= 0.3 is 0 Å². The maximum absolute atomic E-state index is 12.7. The van der Waals surface area contributed by atoms with Crippen LogP contribution in [0.15, 0.2) is 24.3 Å². The van der Waals surface area contributed by atoms with Crippen LogP contribution in [-0.2, 0) is 9.53 Å². The number of carbonyl (C=O) groups is 1. The van der Waals surface area contributed by atoms with E-state index >= 15 is 0 Å². The molecular weight excluding hydrogens is 312 g/mol. The minimum atomic E-state index is 0.0252. The van der Waals surface area contributed by atoms with Crippen LogP contribution >= 0.6 is 11.6 Å². The van der Waals surface area contributed by atoms with Crippen molar-refractivity contribution in [2.24, 2.45) is 0 Å². The van der Waals surface area contributed by atoms with Crippen LogP contribution < -0.4 is 5.32 Å². The molecule has 2 fully saturated rings. The molecule has 0 saturated carbocycles. The standard InChI is InChI=1S/C18H25ClN2O2/c19-16-7-2-1-6-15(16)17-13-20-10-11-21(17)18(22)9-8-14-5-3-4-12-23-14/h1-2,6-7,14,17,20H,3-5,8-13H2. The average Bonchev–Trinajstić information content (AvgIpc) is 2.61. The fourth-order valence-electron chi connectivity index (χ4n) is 3.49. The van der Waals surface area contributed by atoms with Gasteiger partial charge in [-0.05, 0) is 37.3 Å². The van der Waals surface area contributed by atoms with Gasteiger partial charge in [0.2, 0.25) is 5.91 Å². The number of piperazine rings is 1. The van der Waals surface area contributed by atoms with Gasteiger partial charge in [-0.2, -0.15) is 0 Å². The molecule has 126 valence electrons. The normalized spacial score (nSPS) is 25.3. The van der Waals surface area contributed by atoms with Crippen molar-refractivity contribution in [2.45, 2.75) is 44.2 Å². The van der Waals surface area contributed by atoms with Gasteiger partial charge in [-0.15, -0.1) is 0 Å². The number of hydrogen-bond acceptors (Lipinski definition) is 3. The summed E-state index contributed by atoms with van der Waals surface area (Å²) < 4.78 is 5.74. The maximum atomic E-state index is 12.7. The number of ether oxygens (including phenoxy) is 1. The van der Waals surface area contributed by atoms with Gasteiger partial charge in [-0.3, -0.25) is 4.79 Å². The summed E-state index contributed by atoms with van der Waals surface area (Å²) in [5.41, 5.74) is 1.03. The molecule has 1 amide bonds. The summed E-state index contributed by atoms with van der Waals surface area (Å²) in [6.07, 6.45) is 5.10. The van der Waals surface area contributed by atoms with Crippen LogP contribution in [0.25, 0.3) is 0 Å². The Morgan fingerprint density at radius 2 is 2.22 bits per heavy atom. The van der Waals surface area contributed by atoms with Crippen molar-refractivity contribution >= 4 is 17.5 Å². The molecule has 1 N–H and O–H groups in total. The second-order valence-corrected chi connectivity index (χ2v) is 6.76. The quantitative estimate of drug-likeness (QED) is 0.918. The Hall–Kier alpha value is -1.10. The number of nitrogens with one attached hydrogen (secondary N) is 1. The molecule has 2 atom stereocenters. The van der Waals surface area contributed by atoms with Crippen molar-refractivity contribution in [1.29, 1.82) is 0 Å². The van der Waals surface area contributed by atoms with Gasteiger partial charge in [0.1, 0.15) is 0 Å². The minimum absolute atomic E-state index is 0.0252. The monoisotopic (exact) mass is 336 g/mol. The van der Waals surface area contributed by atoms with Gasteiger partial charge < -0.3 is 15.0 Å². The minimum Gasteiger partial charge on any atom is -0.378 e. The van der Waals surface area contributed by atoms with Crippen molar-refractivity contribution < 1.29 is 9.53 Å². The molecule has 1 aromatic rings. The van der Waals surface area contributed by atoms with Gasteiger partial charge in [-0.1, -0.05) is 29.8 Å². The molecule has 2 aliphatic heterocycles. The number of carbonyl (C=O) groups excluding carboxylic acids is 1. The lowest BCUT2D eigenvalue weighted by molar-refractivity contribution is -0.135. The first kappa shape index (κ1) is 16.7. The van der Waals surface area contributed by atoms with Gasteiger partial charge in [-0.25, -0.2) is 0 Å². The number of halogens is 1. The van der Waals surface area contributed by atoms with E-state index in [1.54, 1.807) is 0 Å². The van der Waals surface area contributed by atoms with Crippen molar-refractivity contribution in [3.05, 3.63) is 34.9 Å². The van der Waals surface area contributed by atoms with Crippen LogP contribution in [0.2, 0.25) is 5.02 Å². The lowest BCUT2D eigenvalue weighted by Crippen LogP contribution is -2.48. The molecule has 0 bridgehead atoms. The van der Waals surface area contributed by atoms with Crippen LogP contribution in [0, 0.1) is 0 Å². The van der Waals surface area contributed by atoms with E-state index in [4.69, 9.17) is 16.3 Å². The largest absolute Gasteiger partial charge is 0.378 e. The first-order chi connectivity index (χ1) is 11.3. The fraction of sp³-hybridized carbons (Fsp3) is 0.611. The van der Waals surface area contributed by atoms with E-state index < -0.39 is 0 Å². The van der Waals surface area contributed by atoms with Gasteiger partial charge in [0.15, 0.2) is 0 Å². The third kappa shape index (κ3) is 4.25. The summed E-state index contributed by atoms with van der Waals surface area (Å²) in [5, 5.41) is 4.10. The van der Waals surface area contributed by atoms with E-state index in [0.717, 1.165) is 56.1 Å². The van der Waals surface area contributed by atoms with Crippen LogP contribution in [0.3, 0.4) is 0 Å². The zero-order valence-corrected chi connectivity index (χ0v) is 14.2. The Morgan fingerprint density at radius 3 is 3.00 bits per heavy atom. The number of rotatable bonds is 4. The second kappa shape index (κ2) is 8.13. The van der Waals surface area contributed by atoms with E-state index in [-0.39, 0.29) is 18.1 Å². The van der Waals surface area contributed by atoms with E-state index in [1.807, 2.05) is 29.2 Å². The molecule has 3 rings (SSSR count). The lowest BCUT2D eigenvalue weighted by atomic mass is 10.0. The van der Waals surface area contributed by atoms with Gasteiger partial charge in [0.05, 0.1) is 12.1 Å². The Labute approximate surface area is 143 Å². The Bertz CT molecular complexity index is 532. The summed E-state index contributed by atoms with van der Waals surface area (Å²) in [4.78, 5) is 14.7. The first-order valence-corrected chi connectivity index (χ1v) is 8.99. The second-order valence-electron chi connectivity index (χ2n) is 6.36. The molecule has 23 heavy (non-hydrogen) atoms. The van der Waals surface area contributed by atoms with Crippen LogP contribution in [0.5, 0.6) is 0 Å². The smallest absolute Gasteiger partial charge is 0.223 e. The summed E-state index contributed by atoms with van der Waals surface area (Å²) in [6.45, 7) is 3.18. The maximum Gasteiger partial charge on any atom is 0.223 e. The third-order valence-corrected chi connectivity index (χ3v) is 5.13. The highest BCUT2D eigenvalue weighted by molar-refractivity contribution is 6.31. The molecule has 1 aromatic carbocycles. The van der Waals surface area contributed by atoms with E-state index in [9.17, 15) is 4.79 Å². The number of nitrogens with zero attached hydrogens (tertiary/aromatic N) is 1. The molecule has 0 spiro atoms. The fourth-order valence-corrected chi connectivity index (χ4v) is 3.75. The molecule has 2 heterocycles. The molecule has 0 aromatic heterocycles. The van der Waals surface area contributed by atoms with E-state index in [2.05, 4.69) is 5.32 Å². The highest BCUT2D eigenvalue weighted by atomic mass is 35.5. The molecule has 0 aliphatic carbocycles. The van der Waals surface area contributed by atoms with Crippen LogP contribution in [-0.4, -0.2) is 43.2 Å². The lowest BCUT2D eigenvalue weighted by Gasteiger charge is -2.37. The number of hydrogen-bond donors (Lipinski definition) is 1.